The summed E-state index contributed by atoms with van der Waals surface area (Å²) in [4.78, 5) is 24.6. The molecule has 1 heterocycles. The molecule has 0 saturated heterocycles. The van der Waals surface area contributed by atoms with Gasteiger partial charge < -0.3 is 14.0 Å². The van der Waals surface area contributed by atoms with Crippen LogP contribution in [-0.2, 0) is 12.8 Å². The number of hydrogen-bond donors (Lipinski definition) is 2. The molecular weight excluding hydrogens is 431 g/mol. The Kier molecular flexibility index (Phi) is 6.67. The normalized spacial score (nSPS) is 11.0. The van der Waals surface area contributed by atoms with E-state index in [1.165, 1.54) is 13.2 Å². The van der Waals surface area contributed by atoms with E-state index in [1.807, 2.05) is 5.32 Å². The van der Waals surface area contributed by atoms with Gasteiger partial charge in [0.25, 0.3) is 5.91 Å². The van der Waals surface area contributed by atoms with Crippen LogP contribution in [0.25, 0.3) is 0 Å². The largest absolute Gasteiger partial charge is 0.493 e. The number of benzene rings is 2. The van der Waals surface area contributed by atoms with E-state index in [-0.39, 0.29) is 23.9 Å². The van der Waals surface area contributed by atoms with Gasteiger partial charge in [-0.05, 0) is 24.6 Å². The second-order valence-corrected chi connectivity index (χ2v) is 6.55. The molecule has 1 aromatic heterocycles. The zero-order valence-electron chi connectivity index (χ0n) is 16.9. The lowest BCUT2D eigenvalue weighted by Crippen LogP contribution is -2.35. The number of imide groups is 1. The van der Waals surface area contributed by atoms with Crippen LogP contribution in [-0.4, -0.2) is 24.2 Å². The molecule has 0 saturated carbocycles. The summed E-state index contributed by atoms with van der Waals surface area (Å²) in [5.74, 6) is -1.22. The number of methoxy groups -OCH3 is 1. The Labute approximate surface area is 180 Å². The molecule has 0 aliphatic heterocycles. The van der Waals surface area contributed by atoms with E-state index >= 15 is 0 Å². The first-order valence-electron chi connectivity index (χ1n) is 9.19. The van der Waals surface area contributed by atoms with Gasteiger partial charge in [-0.3, -0.25) is 15.4 Å². The number of nitrogens with one attached hydrogen (secondary N) is 2. The number of urea groups is 1. The highest BCUT2D eigenvalue weighted by molar-refractivity contribution is 6.08. The molecule has 32 heavy (non-hydrogen) atoms. The first kappa shape index (κ1) is 22.7. The molecule has 0 radical (unpaired) electrons. The first-order valence-corrected chi connectivity index (χ1v) is 9.19. The predicted octanol–water partition coefficient (Wildman–Crippen LogP) is 4.55. The number of ether oxygens (including phenoxy) is 2. The van der Waals surface area contributed by atoms with Crippen LogP contribution in [0.1, 0.15) is 27.2 Å². The number of carbonyl (C=O) groups excluding carboxylic acids is 2. The second kappa shape index (κ2) is 9.41. The highest BCUT2D eigenvalue weighted by Crippen LogP contribution is 2.39. The number of hydrogen-bond acceptors (Lipinski definition) is 6. The third-order valence-corrected chi connectivity index (χ3v) is 4.19. The molecule has 11 heteroatoms. The monoisotopic (exact) mass is 449 g/mol. The zero-order chi connectivity index (χ0) is 23.3. The van der Waals surface area contributed by atoms with Crippen LogP contribution < -0.4 is 20.1 Å². The van der Waals surface area contributed by atoms with E-state index < -0.39 is 29.2 Å². The third-order valence-electron chi connectivity index (χ3n) is 4.19. The molecule has 2 N–H and O–H groups in total. The van der Waals surface area contributed by atoms with E-state index in [2.05, 4.69) is 10.5 Å². The van der Waals surface area contributed by atoms with Crippen LogP contribution in [0.4, 0.5) is 23.8 Å². The van der Waals surface area contributed by atoms with E-state index in [1.54, 1.807) is 37.3 Å². The number of aromatic nitrogens is 1. The molecule has 168 valence electrons. The number of halogens is 3. The lowest BCUT2D eigenvalue weighted by atomic mass is 10.0. The Morgan fingerprint density at radius 2 is 1.81 bits per heavy atom. The number of amides is 3. The summed E-state index contributed by atoms with van der Waals surface area (Å²) >= 11 is 0. The molecule has 8 nitrogen and oxygen atoms in total. The van der Waals surface area contributed by atoms with Crippen molar-refractivity contribution in [2.24, 2.45) is 0 Å². The van der Waals surface area contributed by atoms with Crippen LogP contribution in [0.3, 0.4) is 0 Å². The molecule has 0 aliphatic carbocycles. The zero-order valence-corrected chi connectivity index (χ0v) is 16.9. The van der Waals surface area contributed by atoms with Crippen LogP contribution in [0.5, 0.6) is 11.5 Å². The molecule has 0 fully saturated rings. The van der Waals surface area contributed by atoms with E-state index in [0.717, 1.165) is 11.6 Å². The Balaban J connectivity index is 1.87. The lowest BCUT2D eigenvalue weighted by molar-refractivity contribution is -0.138. The molecule has 0 unspecified atom stereocenters. The Morgan fingerprint density at radius 1 is 1.09 bits per heavy atom. The molecule has 2 aromatic carbocycles. The predicted molar refractivity (Wildman–Crippen MR) is 106 cm³/mol. The van der Waals surface area contributed by atoms with Gasteiger partial charge in [-0.1, -0.05) is 35.5 Å². The van der Waals surface area contributed by atoms with Gasteiger partial charge in [0.05, 0.1) is 18.2 Å². The summed E-state index contributed by atoms with van der Waals surface area (Å²) < 4.78 is 56.1. The highest BCUT2D eigenvalue weighted by atomic mass is 19.4. The number of rotatable bonds is 6. The van der Waals surface area contributed by atoms with Crippen molar-refractivity contribution in [1.29, 1.82) is 0 Å². The maximum atomic E-state index is 13.6. The van der Waals surface area contributed by atoms with Gasteiger partial charge >= 0.3 is 12.2 Å². The van der Waals surface area contributed by atoms with E-state index in [9.17, 15) is 22.8 Å². The fraction of sp³-hybridized carbons (Fsp3) is 0.190. The van der Waals surface area contributed by atoms with Crippen molar-refractivity contribution in [3.8, 4) is 11.5 Å². The molecule has 3 amide bonds. The Bertz CT molecular complexity index is 1110. The van der Waals surface area contributed by atoms with Crippen LogP contribution in [0.2, 0.25) is 0 Å². The van der Waals surface area contributed by atoms with Gasteiger partial charge in [-0.25, -0.2) is 4.79 Å². The molecule has 0 atom stereocenters. The van der Waals surface area contributed by atoms with E-state index in [4.69, 9.17) is 14.0 Å². The smallest absolute Gasteiger partial charge is 0.417 e. The van der Waals surface area contributed by atoms with Crippen molar-refractivity contribution < 1.29 is 36.8 Å². The number of aryl methyl sites for hydroxylation is 1. The van der Waals surface area contributed by atoms with Crippen molar-refractivity contribution in [2.75, 3.05) is 12.4 Å². The summed E-state index contributed by atoms with van der Waals surface area (Å²) in [5, 5.41) is 7.54. The molecule has 3 aromatic rings. The number of nitrogens with zero attached hydrogens (tertiary/aromatic N) is 1. The molecular formula is C21H18F3N3O5. The van der Waals surface area contributed by atoms with Gasteiger partial charge in [-0.15, -0.1) is 0 Å². The maximum absolute atomic E-state index is 13.6. The standard InChI is InChI=1S/C21H18F3N3O5/c1-12-8-18(27-32-12)25-20(29)26-19(28)14-9-17(31-11-13-6-4-3-5-7-13)16(30-2)10-15(14)21(22,23)24/h3-10H,11H2,1-2H3,(H2,25,26,27,28,29). The number of anilines is 1. The molecule has 3 rings (SSSR count). The highest BCUT2D eigenvalue weighted by Gasteiger charge is 2.37. The van der Waals surface area contributed by atoms with E-state index in [0.29, 0.717) is 11.8 Å². The third kappa shape index (κ3) is 5.56. The van der Waals surface area contributed by atoms with Gasteiger partial charge in [0, 0.05) is 6.07 Å². The van der Waals surface area contributed by atoms with Crippen LogP contribution >= 0.6 is 0 Å². The van der Waals surface area contributed by atoms with Gasteiger partial charge in [-0.2, -0.15) is 13.2 Å². The summed E-state index contributed by atoms with van der Waals surface area (Å²) in [6.07, 6.45) is -4.89. The second-order valence-electron chi connectivity index (χ2n) is 6.55. The summed E-state index contributed by atoms with van der Waals surface area (Å²) in [5.41, 5.74) is -1.35. The Hall–Kier alpha value is -4.02. The van der Waals surface area contributed by atoms with Gasteiger partial charge in [0.1, 0.15) is 12.4 Å². The van der Waals surface area contributed by atoms with Crippen molar-refractivity contribution in [2.45, 2.75) is 19.7 Å². The average Bonchev–Trinajstić information content (AvgIpc) is 3.15. The molecule has 0 spiro atoms. The summed E-state index contributed by atoms with van der Waals surface area (Å²) in [6, 6.07) is 10.7. The minimum atomic E-state index is -4.89. The topological polar surface area (TPSA) is 103 Å². The fourth-order valence-corrected chi connectivity index (χ4v) is 2.73. The number of carbonyl (C=O) groups is 2. The lowest BCUT2D eigenvalue weighted by Gasteiger charge is -2.17. The fourth-order valence-electron chi connectivity index (χ4n) is 2.73. The quantitative estimate of drug-likeness (QED) is 0.572. The van der Waals surface area contributed by atoms with Crippen molar-refractivity contribution >= 4 is 17.8 Å². The van der Waals surface area contributed by atoms with Crippen molar-refractivity contribution in [3.05, 3.63) is 71.0 Å². The van der Waals surface area contributed by atoms with Gasteiger partial charge in [0.15, 0.2) is 17.3 Å². The SMILES string of the molecule is COc1cc(C(F)(F)F)c(C(=O)NC(=O)Nc2cc(C)on2)cc1OCc1ccccc1. The van der Waals surface area contributed by atoms with Gasteiger partial charge in [0.2, 0.25) is 0 Å². The summed E-state index contributed by atoms with van der Waals surface area (Å²) in [6.45, 7) is 1.60. The average molecular weight is 449 g/mol. The van der Waals surface area contributed by atoms with Crippen molar-refractivity contribution in [3.63, 3.8) is 0 Å². The maximum Gasteiger partial charge on any atom is 0.417 e. The number of alkyl halides is 3. The first-order chi connectivity index (χ1) is 15.2. The minimum absolute atomic E-state index is 0.00883. The summed E-state index contributed by atoms with van der Waals surface area (Å²) in [7, 11) is 1.18. The van der Waals surface area contributed by atoms with Crippen LogP contribution in [0.15, 0.2) is 53.1 Å². The van der Waals surface area contributed by atoms with Crippen LogP contribution in [0, 0.1) is 6.92 Å². The van der Waals surface area contributed by atoms with Crippen molar-refractivity contribution in [1.82, 2.24) is 10.5 Å². The Morgan fingerprint density at radius 3 is 2.41 bits per heavy atom. The molecule has 0 aliphatic rings. The molecule has 0 bridgehead atoms. The minimum Gasteiger partial charge on any atom is -0.493 e.